The Morgan fingerprint density at radius 2 is 1.92 bits per heavy atom. The molecule has 132 valence electrons. The van der Waals surface area contributed by atoms with Gasteiger partial charge >= 0.3 is 0 Å². The van der Waals surface area contributed by atoms with E-state index >= 15 is 0 Å². The Kier molecular flexibility index (Phi) is 3.67. The molecule has 2 saturated heterocycles. The van der Waals surface area contributed by atoms with E-state index in [9.17, 15) is 4.79 Å². The van der Waals surface area contributed by atoms with Crippen LogP contribution < -0.4 is 10.2 Å². The number of amides is 1. The maximum absolute atomic E-state index is 12.6. The minimum absolute atomic E-state index is 0.0228. The lowest BCUT2D eigenvalue weighted by atomic mass is 9.82. The number of rotatable bonds is 2. The van der Waals surface area contributed by atoms with Crippen LogP contribution in [0, 0.1) is 0 Å². The zero-order valence-electron chi connectivity index (χ0n) is 14.4. The average Bonchev–Trinajstić information content (AvgIpc) is 3.28. The highest BCUT2D eigenvalue weighted by Gasteiger charge is 2.46. The summed E-state index contributed by atoms with van der Waals surface area (Å²) < 4.78 is 0. The van der Waals surface area contributed by atoms with Crippen molar-refractivity contribution < 1.29 is 4.79 Å². The molecule has 1 amide bonds. The lowest BCUT2D eigenvalue weighted by molar-refractivity contribution is -0.121. The topological polar surface area (TPSA) is 58.1 Å². The number of hydrogen-bond donors (Lipinski definition) is 1. The summed E-state index contributed by atoms with van der Waals surface area (Å²) in [6, 6.07) is 12.2. The molecule has 1 atom stereocenters. The minimum Gasteiger partial charge on any atom is -0.356 e. The van der Waals surface area contributed by atoms with E-state index in [2.05, 4.69) is 43.8 Å². The first-order valence-corrected chi connectivity index (χ1v) is 9.92. The fraction of sp³-hybridized carbons (Fsp3) is 0.350. The quantitative estimate of drug-likeness (QED) is 0.758. The average molecular weight is 364 g/mol. The van der Waals surface area contributed by atoms with Gasteiger partial charge in [-0.05, 0) is 36.3 Å². The van der Waals surface area contributed by atoms with E-state index in [0.717, 1.165) is 53.9 Å². The SMILES string of the molecule is O=C1NC2(CCN(c3ncnc4sccc34)CC2)C[C@@H]1c1ccccc1. The lowest BCUT2D eigenvalue weighted by Crippen LogP contribution is -2.51. The van der Waals surface area contributed by atoms with Gasteiger partial charge in [0.05, 0.1) is 11.3 Å². The molecule has 1 aromatic carbocycles. The van der Waals surface area contributed by atoms with Gasteiger partial charge in [-0.15, -0.1) is 11.3 Å². The van der Waals surface area contributed by atoms with Crippen LogP contribution in [0.4, 0.5) is 5.82 Å². The molecule has 0 bridgehead atoms. The number of anilines is 1. The molecule has 3 aromatic rings. The van der Waals surface area contributed by atoms with E-state index in [4.69, 9.17) is 0 Å². The van der Waals surface area contributed by atoms with Crippen molar-refractivity contribution in [3.05, 3.63) is 53.7 Å². The lowest BCUT2D eigenvalue weighted by Gasteiger charge is -2.40. The van der Waals surface area contributed by atoms with Crippen molar-refractivity contribution in [2.75, 3.05) is 18.0 Å². The second-order valence-electron chi connectivity index (χ2n) is 7.26. The van der Waals surface area contributed by atoms with Gasteiger partial charge in [0.2, 0.25) is 5.91 Å². The number of nitrogens with one attached hydrogen (secondary N) is 1. The molecule has 2 aliphatic rings. The van der Waals surface area contributed by atoms with Crippen LogP contribution in [-0.2, 0) is 4.79 Å². The van der Waals surface area contributed by atoms with E-state index in [1.54, 1.807) is 17.7 Å². The molecule has 1 N–H and O–H groups in total. The summed E-state index contributed by atoms with van der Waals surface area (Å²) >= 11 is 1.65. The first-order valence-electron chi connectivity index (χ1n) is 9.04. The number of thiophene rings is 1. The summed E-state index contributed by atoms with van der Waals surface area (Å²) in [4.78, 5) is 24.8. The van der Waals surface area contributed by atoms with Crippen molar-refractivity contribution in [2.24, 2.45) is 0 Å². The van der Waals surface area contributed by atoms with Crippen LogP contribution in [0.25, 0.3) is 10.2 Å². The van der Waals surface area contributed by atoms with Crippen molar-refractivity contribution in [3.63, 3.8) is 0 Å². The fourth-order valence-electron chi connectivity index (χ4n) is 4.34. The first kappa shape index (κ1) is 15.8. The monoisotopic (exact) mass is 364 g/mol. The smallest absolute Gasteiger partial charge is 0.228 e. The van der Waals surface area contributed by atoms with Crippen LogP contribution in [0.2, 0.25) is 0 Å². The largest absolute Gasteiger partial charge is 0.356 e. The van der Waals surface area contributed by atoms with Gasteiger partial charge in [0, 0.05) is 18.6 Å². The highest BCUT2D eigenvalue weighted by atomic mass is 32.1. The second kappa shape index (κ2) is 6.06. The van der Waals surface area contributed by atoms with Gasteiger partial charge in [-0.2, -0.15) is 0 Å². The fourth-order valence-corrected chi connectivity index (χ4v) is 5.07. The highest BCUT2D eigenvalue weighted by molar-refractivity contribution is 7.16. The summed E-state index contributed by atoms with van der Waals surface area (Å²) in [5, 5.41) is 6.52. The molecule has 5 nitrogen and oxygen atoms in total. The van der Waals surface area contributed by atoms with Crippen molar-refractivity contribution in [1.29, 1.82) is 0 Å². The Morgan fingerprint density at radius 1 is 1.12 bits per heavy atom. The highest BCUT2D eigenvalue weighted by Crippen LogP contribution is 2.40. The van der Waals surface area contributed by atoms with Crippen molar-refractivity contribution in [3.8, 4) is 0 Å². The molecule has 2 fully saturated rings. The number of benzene rings is 1. The van der Waals surface area contributed by atoms with Crippen LogP contribution in [0.1, 0.15) is 30.7 Å². The summed E-state index contributed by atoms with van der Waals surface area (Å²) in [5.41, 5.74) is 1.05. The molecule has 1 spiro atoms. The molecular weight excluding hydrogens is 344 g/mol. The number of carbonyl (C=O) groups is 1. The van der Waals surface area contributed by atoms with Crippen LogP contribution in [0.5, 0.6) is 0 Å². The molecule has 0 unspecified atom stereocenters. The Morgan fingerprint density at radius 3 is 2.73 bits per heavy atom. The van der Waals surface area contributed by atoms with E-state index in [1.807, 2.05) is 18.2 Å². The summed E-state index contributed by atoms with van der Waals surface area (Å²) in [7, 11) is 0. The number of aromatic nitrogens is 2. The second-order valence-corrected chi connectivity index (χ2v) is 8.16. The van der Waals surface area contributed by atoms with Crippen LogP contribution in [0.3, 0.4) is 0 Å². The molecule has 6 heteroatoms. The van der Waals surface area contributed by atoms with Crippen LogP contribution in [-0.4, -0.2) is 34.5 Å². The summed E-state index contributed by atoms with van der Waals surface area (Å²) in [5.74, 6) is 1.17. The third kappa shape index (κ3) is 2.56. The number of piperidine rings is 1. The maximum atomic E-state index is 12.6. The van der Waals surface area contributed by atoms with Gasteiger partial charge in [0.1, 0.15) is 17.0 Å². The molecule has 2 aliphatic heterocycles. The number of carbonyl (C=O) groups excluding carboxylic acids is 1. The van der Waals surface area contributed by atoms with Crippen LogP contribution >= 0.6 is 11.3 Å². The molecular formula is C20H20N4OS. The normalized spacial score (nSPS) is 22.1. The molecule has 2 aromatic heterocycles. The van der Waals surface area contributed by atoms with Crippen molar-refractivity contribution in [1.82, 2.24) is 15.3 Å². The molecule has 0 radical (unpaired) electrons. The van der Waals surface area contributed by atoms with Crippen molar-refractivity contribution >= 4 is 33.3 Å². The summed E-state index contributed by atoms with van der Waals surface area (Å²) in [6.07, 6.45) is 4.46. The van der Waals surface area contributed by atoms with E-state index in [-0.39, 0.29) is 17.4 Å². The molecule has 0 aliphatic carbocycles. The Hall–Kier alpha value is -2.47. The third-order valence-electron chi connectivity index (χ3n) is 5.76. The molecule has 0 saturated carbocycles. The number of nitrogens with zero attached hydrogens (tertiary/aromatic N) is 3. The Balaban J connectivity index is 1.34. The molecule has 4 heterocycles. The zero-order chi connectivity index (χ0) is 17.6. The summed E-state index contributed by atoms with van der Waals surface area (Å²) in [6.45, 7) is 1.81. The predicted molar refractivity (Wildman–Crippen MR) is 104 cm³/mol. The maximum Gasteiger partial charge on any atom is 0.228 e. The minimum atomic E-state index is -0.0745. The molecule has 26 heavy (non-hydrogen) atoms. The Labute approximate surface area is 156 Å². The van der Waals surface area contributed by atoms with E-state index in [1.165, 1.54) is 0 Å². The zero-order valence-corrected chi connectivity index (χ0v) is 15.2. The van der Waals surface area contributed by atoms with E-state index in [0.29, 0.717) is 0 Å². The van der Waals surface area contributed by atoms with Gasteiger partial charge in [-0.3, -0.25) is 4.79 Å². The number of fused-ring (bicyclic) bond motifs is 1. The molecule has 5 rings (SSSR count). The van der Waals surface area contributed by atoms with Gasteiger partial charge in [0.15, 0.2) is 0 Å². The van der Waals surface area contributed by atoms with Gasteiger partial charge < -0.3 is 10.2 Å². The van der Waals surface area contributed by atoms with Crippen LogP contribution in [0.15, 0.2) is 48.1 Å². The standard InChI is InChI=1S/C20H20N4OS/c25-18-16(14-4-2-1-3-5-14)12-20(23-18)7-9-24(10-8-20)17-15-6-11-26-19(15)22-13-21-17/h1-6,11,13,16H,7-10,12H2,(H,23,25)/t16-/m1/s1. The first-order chi connectivity index (χ1) is 12.7. The number of hydrogen-bond acceptors (Lipinski definition) is 5. The van der Waals surface area contributed by atoms with E-state index < -0.39 is 0 Å². The predicted octanol–water partition coefficient (Wildman–Crippen LogP) is 3.33. The van der Waals surface area contributed by atoms with Gasteiger partial charge in [0.25, 0.3) is 0 Å². The third-order valence-corrected chi connectivity index (χ3v) is 6.58. The van der Waals surface area contributed by atoms with Gasteiger partial charge in [-0.1, -0.05) is 30.3 Å². The van der Waals surface area contributed by atoms with Gasteiger partial charge in [-0.25, -0.2) is 9.97 Å². The van der Waals surface area contributed by atoms with Crippen molar-refractivity contribution in [2.45, 2.75) is 30.7 Å². The Bertz CT molecular complexity index is 947.